The highest BCUT2D eigenvalue weighted by atomic mass is 28.4. The second-order valence-corrected chi connectivity index (χ2v) is 6.79. The lowest BCUT2D eigenvalue weighted by Crippen LogP contribution is -2.49. The molecule has 0 fully saturated rings. The van der Waals surface area contributed by atoms with Gasteiger partial charge < -0.3 is 10.2 Å². The summed E-state index contributed by atoms with van der Waals surface area (Å²) < 4.78 is 20.4. The molecule has 0 atom stereocenters. The van der Waals surface area contributed by atoms with Crippen LogP contribution in [0.1, 0.15) is 12.0 Å². The van der Waals surface area contributed by atoms with E-state index in [-0.39, 0.29) is 0 Å². The van der Waals surface area contributed by atoms with E-state index < -0.39 is 9.05 Å². The van der Waals surface area contributed by atoms with Crippen molar-refractivity contribution in [1.29, 1.82) is 0 Å². The number of hydrogen-bond donors (Lipinski definition) is 1. The maximum atomic E-state index is 5.70. The van der Waals surface area contributed by atoms with Gasteiger partial charge >= 0.3 is 9.05 Å². The number of nitrogens with zero attached hydrogens (tertiary/aromatic N) is 1. The Morgan fingerprint density at radius 1 is 0.920 bits per heavy atom. The molecule has 0 spiro atoms. The Kier molecular flexibility index (Phi) is 11.8. The second-order valence-electron chi connectivity index (χ2n) is 5.00. The van der Waals surface area contributed by atoms with Gasteiger partial charge in [0.05, 0.1) is 21.3 Å². The molecule has 0 saturated heterocycles. The van der Waals surface area contributed by atoms with Gasteiger partial charge in [-0.2, -0.15) is 13.7 Å². The van der Waals surface area contributed by atoms with Gasteiger partial charge in [0.15, 0.2) is 0 Å². The zero-order chi connectivity index (χ0) is 18.4. The Morgan fingerprint density at radius 2 is 1.52 bits per heavy atom. The van der Waals surface area contributed by atoms with Crippen molar-refractivity contribution in [2.24, 2.45) is 5.73 Å². The third-order valence-corrected chi connectivity index (χ3v) is 4.82. The van der Waals surface area contributed by atoms with Gasteiger partial charge in [0.25, 0.3) is 0 Å². The average Bonchev–Trinajstić information content (AvgIpc) is 2.60. The Balaban J connectivity index is 2.47. The highest BCUT2D eigenvalue weighted by Crippen LogP contribution is 2.13. The van der Waals surface area contributed by atoms with Crippen LogP contribution >= 0.6 is 0 Å². The molecule has 9 nitrogen and oxygen atoms in total. The summed E-state index contributed by atoms with van der Waals surface area (Å²) in [6, 6.07) is 10.2. The van der Waals surface area contributed by atoms with Crippen LogP contribution in [0.3, 0.4) is 0 Å². The van der Waals surface area contributed by atoms with Crippen molar-refractivity contribution in [2.75, 3.05) is 47.6 Å². The molecule has 0 aliphatic heterocycles. The van der Waals surface area contributed by atoms with E-state index in [4.69, 9.17) is 23.9 Å². The molecular formula is C15H28N2O7Si. The molecular weight excluding hydrogens is 348 g/mol. The van der Waals surface area contributed by atoms with Crippen LogP contribution in [0.15, 0.2) is 30.3 Å². The lowest BCUT2D eigenvalue weighted by atomic mass is 10.2. The van der Waals surface area contributed by atoms with E-state index in [9.17, 15) is 0 Å². The number of hydrogen-bond acceptors (Lipinski definition) is 9. The second kappa shape index (κ2) is 13.3. The molecule has 1 rings (SSSR count). The minimum atomic E-state index is -3.67. The van der Waals surface area contributed by atoms with Crippen LogP contribution in [0.25, 0.3) is 0 Å². The van der Waals surface area contributed by atoms with Crippen molar-refractivity contribution in [2.45, 2.75) is 13.0 Å². The lowest BCUT2D eigenvalue weighted by molar-refractivity contribution is -0.370. The van der Waals surface area contributed by atoms with E-state index in [2.05, 4.69) is 31.7 Å². The fourth-order valence-corrected chi connectivity index (χ4v) is 3.43. The van der Waals surface area contributed by atoms with E-state index in [1.54, 1.807) is 0 Å². The van der Waals surface area contributed by atoms with Crippen molar-refractivity contribution < 1.29 is 32.8 Å². The molecule has 1 aromatic rings. The molecule has 0 radical (unpaired) electrons. The predicted octanol–water partition coefficient (Wildman–Crippen LogP) is 1.02. The summed E-state index contributed by atoms with van der Waals surface area (Å²) in [5.74, 6) is 0. The first-order valence-corrected chi connectivity index (χ1v) is 9.58. The summed E-state index contributed by atoms with van der Waals surface area (Å²) in [4.78, 5) is 16.1. The topological polar surface area (TPSA) is 93.9 Å². The zero-order valence-corrected chi connectivity index (χ0v) is 16.0. The Labute approximate surface area is 149 Å². The fraction of sp³-hybridized carbons (Fsp3) is 0.600. The highest BCUT2D eigenvalue weighted by molar-refractivity contribution is 6.52. The van der Waals surface area contributed by atoms with E-state index >= 15 is 0 Å². The van der Waals surface area contributed by atoms with E-state index in [0.29, 0.717) is 19.6 Å². The minimum absolute atomic E-state index is 0.304. The maximum Gasteiger partial charge on any atom is 0.764 e. The largest absolute Gasteiger partial charge is 0.764 e. The number of nitrogens with two attached hydrogens (primary N) is 1. The monoisotopic (exact) mass is 376 g/mol. The smallest absolute Gasteiger partial charge is 0.347 e. The van der Waals surface area contributed by atoms with Crippen LogP contribution in [-0.2, 0) is 39.4 Å². The fourth-order valence-electron chi connectivity index (χ4n) is 2.20. The van der Waals surface area contributed by atoms with Gasteiger partial charge in [0.2, 0.25) is 0 Å². The molecule has 0 aliphatic carbocycles. The van der Waals surface area contributed by atoms with Crippen LogP contribution in [0.4, 0.5) is 0 Å². The Hall–Kier alpha value is -0.923. The van der Waals surface area contributed by atoms with Gasteiger partial charge in [-0.25, -0.2) is 14.7 Å². The first-order valence-electron chi connectivity index (χ1n) is 7.95. The van der Waals surface area contributed by atoms with Crippen LogP contribution in [-0.4, -0.2) is 61.5 Å². The van der Waals surface area contributed by atoms with E-state index in [1.165, 1.54) is 26.9 Å². The van der Waals surface area contributed by atoms with Gasteiger partial charge in [-0.1, -0.05) is 30.3 Å². The molecule has 0 saturated carbocycles. The van der Waals surface area contributed by atoms with E-state index in [1.807, 2.05) is 18.2 Å². The van der Waals surface area contributed by atoms with Crippen LogP contribution in [0.5, 0.6) is 0 Å². The predicted molar refractivity (Wildman–Crippen MR) is 91.4 cm³/mol. The molecule has 0 unspecified atom stereocenters. The average molecular weight is 376 g/mol. The summed E-state index contributed by atoms with van der Waals surface area (Å²) in [6.07, 6.45) is 0.703. The molecule has 0 aliphatic rings. The lowest BCUT2D eigenvalue weighted by Gasteiger charge is -2.24. The molecule has 0 aromatic heterocycles. The minimum Gasteiger partial charge on any atom is -0.347 e. The van der Waals surface area contributed by atoms with Crippen LogP contribution in [0.2, 0.25) is 0 Å². The van der Waals surface area contributed by atoms with Gasteiger partial charge in [-0.3, -0.25) is 4.90 Å². The molecule has 0 heterocycles. The molecule has 10 heteroatoms. The normalized spacial score (nSPS) is 12.0. The third kappa shape index (κ3) is 8.83. The zero-order valence-electron chi connectivity index (χ0n) is 15.0. The summed E-state index contributed by atoms with van der Waals surface area (Å²) in [6.45, 7) is 3.27. The van der Waals surface area contributed by atoms with Crippen molar-refractivity contribution in [3.63, 3.8) is 0 Å². The maximum absolute atomic E-state index is 5.70. The SMILES string of the molecule is COO[Si](OCCCN(CCN)Cc1ccccc1)(OOC)OOC. The third-order valence-electron chi connectivity index (χ3n) is 3.15. The molecule has 0 bridgehead atoms. The van der Waals surface area contributed by atoms with Gasteiger partial charge in [0, 0.05) is 32.8 Å². The first-order chi connectivity index (χ1) is 12.2. The number of benzene rings is 1. The summed E-state index contributed by atoms with van der Waals surface area (Å²) in [7, 11) is 0.264. The Bertz CT molecular complexity index is 424. The molecule has 0 amide bonds. The van der Waals surface area contributed by atoms with Crippen molar-refractivity contribution in [3.05, 3.63) is 35.9 Å². The highest BCUT2D eigenvalue weighted by Gasteiger charge is 2.51. The molecule has 144 valence electrons. The van der Waals surface area contributed by atoms with Gasteiger partial charge in [-0.15, -0.1) is 0 Å². The van der Waals surface area contributed by atoms with Crippen LogP contribution in [0, 0.1) is 0 Å². The van der Waals surface area contributed by atoms with Crippen LogP contribution < -0.4 is 5.73 Å². The van der Waals surface area contributed by atoms with Crippen molar-refractivity contribution >= 4 is 9.05 Å². The molecule has 1 aromatic carbocycles. The molecule has 25 heavy (non-hydrogen) atoms. The van der Waals surface area contributed by atoms with Gasteiger partial charge in [-0.05, 0) is 12.0 Å². The van der Waals surface area contributed by atoms with Gasteiger partial charge in [0.1, 0.15) is 0 Å². The first kappa shape index (κ1) is 22.1. The number of rotatable bonds is 15. The Morgan fingerprint density at radius 3 is 2.04 bits per heavy atom. The quantitative estimate of drug-likeness (QED) is 0.208. The molecule has 2 N–H and O–H groups in total. The van der Waals surface area contributed by atoms with Crippen molar-refractivity contribution in [1.82, 2.24) is 4.90 Å². The summed E-state index contributed by atoms with van der Waals surface area (Å²) in [5.41, 5.74) is 6.93. The standard InChI is InChI=1S/C15H28N2O7Si/c1-18-22-25(23-19-2,24-20-3)21-13-7-11-17(12-10-16)14-15-8-5-4-6-9-15/h4-6,8-9H,7,10-14,16H2,1-3H3. The summed E-state index contributed by atoms with van der Waals surface area (Å²) in [5, 5.41) is 0. The van der Waals surface area contributed by atoms with Crippen molar-refractivity contribution in [3.8, 4) is 0 Å². The summed E-state index contributed by atoms with van der Waals surface area (Å²) >= 11 is 0. The van der Waals surface area contributed by atoms with E-state index in [0.717, 1.165) is 19.6 Å².